The number of hydrogen-bond donors (Lipinski definition) is 3. The van der Waals surface area contributed by atoms with Gasteiger partial charge in [-0.2, -0.15) is 0 Å². The molecule has 5 rings (SSSR count). The van der Waals surface area contributed by atoms with E-state index < -0.39 is 5.97 Å². The van der Waals surface area contributed by atoms with Crippen LogP contribution in [-0.2, 0) is 20.8 Å². The summed E-state index contributed by atoms with van der Waals surface area (Å²) in [6.45, 7) is -0.0612. The minimum atomic E-state index is -0.916. The lowest BCUT2D eigenvalue weighted by atomic mass is 9.49. The number of benzene rings is 1. The maximum atomic E-state index is 12.5. The molecule has 0 atom stereocenters. The first-order valence-corrected chi connectivity index (χ1v) is 10.3. The summed E-state index contributed by atoms with van der Waals surface area (Å²) in [5.74, 6) is 1.17. The summed E-state index contributed by atoms with van der Waals surface area (Å²) in [5.41, 5.74) is 1.33. The van der Waals surface area contributed by atoms with Crippen molar-refractivity contribution in [2.24, 2.45) is 23.2 Å². The van der Waals surface area contributed by atoms with Gasteiger partial charge in [0.2, 0.25) is 11.8 Å². The maximum absolute atomic E-state index is 12.5. The third-order valence-corrected chi connectivity index (χ3v) is 6.71. The summed E-state index contributed by atoms with van der Waals surface area (Å²) in [5, 5.41) is 14.4. The molecule has 0 aliphatic heterocycles. The fourth-order valence-electron chi connectivity index (χ4n) is 6.23. The van der Waals surface area contributed by atoms with Crippen LogP contribution < -0.4 is 10.6 Å². The van der Waals surface area contributed by atoms with Gasteiger partial charge in [-0.1, -0.05) is 12.1 Å². The molecule has 0 spiro atoms. The number of aliphatic carboxylic acids is 1. The molecule has 0 aromatic heterocycles. The van der Waals surface area contributed by atoms with E-state index in [4.69, 9.17) is 5.11 Å². The highest BCUT2D eigenvalue weighted by Crippen LogP contribution is 2.61. The molecule has 4 aliphatic rings. The molecule has 4 bridgehead atoms. The van der Waals surface area contributed by atoms with Crippen LogP contribution in [0.2, 0.25) is 0 Å². The molecule has 3 N–H and O–H groups in total. The van der Waals surface area contributed by atoms with Crippen molar-refractivity contribution in [1.82, 2.24) is 5.32 Å². The lowest BCUT2D eigenvalue weighted by Crippen LogP contribution is -2.48. The zero-order valence-electron chi connectivity index (χ0n) is 16.1. The topological polar surface area (TPSA) is 95.5 Å². The summed E-state index contributed by atoms with van der Waals surface area (Å²) in [7, 11) is 0. The van der Waals surface area contributed by atoms with Gasteiger partial charge in [-0.05, 0) is 79.4 Å². The fourth-order valence-corrected chi connectivity index (χ4v) is 6.23. The smallest absolute Gasteiger partial charge is 0.307 e. The molecular formula is C22H28N2O4. The summed E-state index contributed by atoms with van der Waals surface area (Å²) in [6.07, 6.45) is 8.03. The SMILES string of the molecule is O=C(O)Cc1cccc(NC(=O)CNC(=O)CC23CC4CC(CC(C4)C2)C3)c1. The van der Waals surface area contributed by atoms with Gasteiger partial charge in [-0.25, -0.2) is 0 Å². The average Bonchev–Trinajstić information content (AvgIpc) is 2.58. The standard InChI is InChI=1S/C22H28N2O4/c25-19(12-22-9-15-4-16(10-22)6-17(5-15)11-22)23-13-20(26)24-18-3-1-2-14(7-18)8-21(27)28/h1-3,7,15-17H,4-6,8-13H2,(H,23,25)(H,24,26)(H,27,28). The Labute approximate surface area is 165 Å². The van der Waals surface area contributed by atoms with Gasteiger partial charge < -0.3 is 15.7 Å². The molecule has 4 saturated carbocycles. The van der Waals surface area contributed by atoms with Crippen molar-refractivity contribution in [2.75, 3.05) is 11.9 Å². The number of nitrogens with one attached hydrogen (secondary N) is 2. The van der Waals surface area contributed by atoms with Crippen LogP contribution in [0.25, 0.3) is 0 Å². The van der Waals surface area contributed by atoms with Gasteiger partial charge in [0.05, 0.1) is 13.0 Å². The van der Waals surface area contributed by atoms with Crippen molar-refractivity contribution in [3.63, 3.8) is 0 Å². The van der Waals surface area contributed by atoms with Gasteiger partial charge in [-0.15, -0.1) is 0 Å². The van der Waals surface area contributed by atoms with E-state index in [1.165, 1.54) is 38.5 Å². The molecule has 2 amide bonds. The van der Waals surface area contributed by atoms with E-state index in [2.05, 4.69) is 10.6 Å². The third kappa shape index (κ3) is 4.37. The van der Waals surface area contributed by atoms with E-state index in [1.807, 2.05) is 0 Å². The van der Waals surface area contributed by atoms with E-state index in [1.54, 1.807) is 24.3 Å². The Bertz CT molecular complexity index is 753. The number of carboxylic acid groups (broad SMARTS) is 1. The first-order valence-electron chi connectivity index (χ1n) is 10.3. The number of rotatable bonds is 7. The zero-order chi connectivity index (χ0) is 19.7. The van der Waals surface area contributed by atoms with Gasteiger partial charge >= 0.3 is 5.97 Å². The van der Waals surface area contributed by atoms with Gasteiger partial charge in [0.1, 0.15) is 0 Å². The van der Waals surface area contributed by atoms with E-state index in [0.29, 0.717) is 17.7 Å². The molecule has 0 radical (unpaired) electrons. The molecular weight excluding hydrogens is 356 g/mol. The highest BCUT2D eigenvalue weighted by Gasteiger charge is 2.51. The highest BCUT2D eigenvalue weighted by molar-refractivity contribution is 5.94. The van der Waals surface area contributed by atoms with Crippen molar-refractivity contribution in [3.05, 3.63) is 29.8 Å². The van der Waals surface area contributed by atoms with Gasteiger partial charge in [-0.3, -0.25) is 14.4 Å². The molecule has 4 fully saturated rings. The van der Waals surface area contributed by atoms with E-state index in [0.717, 1.165) is 17.8 Å². The van der Waals surface area contributed by atoms with Crippen molar-refractivity contribution < 1.29 is 19.5 Å². The predicted octanol–water partition coefficient (Wildman–Crippen LogP) is 2.97. The van der Waals surface area contributed by atoms with Crippen molar-refractivity contribution in [2.45, 2.75) is 51.4 Å². The minimum absolute atomic E-state index is 0.0308. The Morgan fingerprint density at radius 3 is 2.25 bits per heavy atom. The lowest BCUT2D eigenvalue weighted by molar-refractivity contribution is -0.136. The van der Waals surface area contributed by atoms with Gasteiger partial charge in [0.25, 0.3) is 0 Å². The summed E-state index contributed by atoms with van der Waals surface area (Å²) in [4.78, 5) is 35.5. The number of carbonyl (C=O) groups excluding carboxylic acids is 2. The average molecular weight is 384 g/mol. The van der Waals surface area contributed by atoms with Crippen LogP contribution in [-0.4, -0.2) is 29.4 Å². The Morgan fingerprint density at radius 2 is 1.64 bits per heavy atom. The highest BCUT2D eigenvalue weighted by atomic mass is 16.4. The Balaban J connectivity index is 1.26. The van der Waals surface area contributed by atoms with Crippen LogP contribution in [0.3, 0.4) is 0 Å². The third-order valence-electron chi connectivity index (χ3n) is 6.71. The fraction of sp³-hybridized carbons (Fsp3) is 0.591. The molecule has 4 aliphatic carbocycles. The number of amides is 2. The summed E-state index contributed by atoms with van der Waals surface area (Å²) < 4.78 is 0. The Hall–Kier alpha value is -2.37. The summed E-state index contributed by atoms with van der Waals surface area (Å²) in [6, 6.07) is 6.76. The minimum Gasteiger partial charge on any atom is -0.481 e. The largest absolute Gasteiger partial charge is 0.481 e. The molecule has 6 heteroatoms. The molecule has 0 saturated heterocycles. The van der Waals surface area contributed by atoms with Crippen LogP contribution in [0.4, 0.5) is 5.69 Å². The molecule has 150 valence electrons. The van der Waals surface area contributed by atoms with Crippen molar-refractivity contribution in [3.8, 4) is 0 Å². The predicted molar refractivity (Wildman–Crippen MR) is 105 cm³/mol. The number of hydrogen-bond acceptors (Lipinski definition) is 3. The normalized spacial score (nSPS) is 30.1. The van der Waals surface area contributed by atoms with E-state index in [9.17, 15) is 14.4 Å². The maximum Gasteiger partial charge on any atom is 0.307 e. The molecule has 1 aromatic carbocycles. The quantitative estimate of drug-likeness (QED) is 0.673. The second-order valence-corrected chi connectivity index (χ2v) is 9.19. The van der Waals surface area contributed by atoms with Crippen LogP contribution in [0, 0.1) is 23.2 Å². The van der Waals surface area contributed by atoms with Crippen molar-refractivity contribution >= 4 is 23.5 Å². The zero-order valence-corrected chi connectivity index (χ0v) is 16.1. The van der Waals surface area contributed by atoms with Crippen LogP contribution in [0.5, 0.6) is 0 Å². The van der Waals surface area contributed by atoms with E-state index >= 15 is 0 Å². The van der Waals surface area contributed by atoms with Gasteiger partial charge in [0, 0.05) is 12.1 Å². The number of carbonyl (C=O) groups is 3. The van der Waals surface area contributed by atoms with E-state index in [-0.39, 0.29) is 30.2 Å². The van der Waals surface area contributed by atoms with Gasteiger partial charge in [0.15, 0.2) is 0 Å². The molecule has 0 heterocycles. The molecule has 28 heavy (non-hydrogen) atoms. The molecule has 6 nitrogen and oxygen atoms in total. The second kappa shape index (κ2) is 7.57. The Kier molecular flexibility index (Phi) is 5.13. The first kappa shape index (κ1) is 19.0. The van der Waals surface area contributed by atoms with Crippen LogP contribution in [0.15, 0.2) is 24.3 Å². The monoisotopic (exact) mass is 384 g/mol. The van der Waals surface area contributed by atoms with Crippen LogP contribution >= 0.6 is 0 Å². The van der Waals surface area contributed by atoms with Crippen LogP contribution in [0.1, 0.15) is 50.5 Å². The van der Waals surface area contributed by atoms with Crippen molar-refractivity contribution in [1.29, 1.82) is 0 Å². The lowest BCUT2D eigenvalue weighted by Gasteiger charge is -2.56. The summed E-state index contributed by atoms with van der Waals surface area (Å²) >= 11 is 0. The molecule has 0 unspecified atom stereocenters. The second-order valence-electron chi connectivity index (χ2n) is 9.19. The first-order chi connectivity index (χ1) is 13.4. The molecule has 1 aromatic rings. The number of anilines is 1. The number of carboxylic acids is 1. The Morgan fingerprint density at radius 1 is 1.00 bits per heavy atom.